The fourth-order valence-electron chi connectivity index (χ4n) is 3.96. The monoisotopic (exact) mass is 335 g/mol. The minimum absolute atomic E-state index is 0.169. The van der Waals surface area contributed by atoms with Crippen molar-refractivity contribution in [1.82, 2.24) is 4.90 Å². The SMILES string of the molecule is COc1cc(CCOC2CCCC[C@H]2N2CC[C@@H](O)C2)ccc1O. The van der Waals surface area contributed by atoms with Crippen LogP contribution in [0.2, 0.25) is 0 Å². The first-order chi connectivity index (χ1) is 11.7. The molecule has 2 N–H and O–H groups in total. The second-order valence-electron chi connectivity index (χ2n) is 6.95. The highest BCUT2D eigenvalue weighted by atomic mass is 16.5. The number of phenolic OH excluding ortho intramolecular Hbond substituents is 1. The first-order valence-corrected chi connectivity index (χ1v) is 9.07. The van der Waals surface area contributed by atoms with E-state index in [9.17, 15) is 10.2 Å². The van der Waals surface area contributed by atoms with Gasteiger partial charge in [0.05, 0.1) is 25.9 Å². The van der Waals surface area contributed by atoms with Crippen molar-refractivity contribution in [2.24, 2.45) is 0 Å². The lowest BCUT2D eigenvalue weighted by Gasteiger charge is -2.37. The van der Waals surface area contributed by atoms with Crippen molar-refractivity contribution in [1.29, 1.82) is 0 Å². The predicted octanol–water partition coefficient (Wildman–Crippen LogP) is 2.34. The number of hydrogen-bond donors (Lipinski definition) is 2. The molecule has 0 aromatic heterocycles. The molecule has 1 aromatic rings. The zero-order valence-electron chi connectivity index (χ0n) is 14.5. The molecule has 1 aromatic carbocycles. The number of aliphatic hydroxyl groups excluding tert-OH is 1. The molecule has 5 nitrogen and oxygen atoms in total. The summed E-state index contributed by atoms with van der Waals surface area (Å²) >= 11 is 0. The van der Waals surface area contributed by atoms with Crippen LogP contribution >= 0.6 is 0 Å². The number of phenols is 1. The zero-order chi connectivity index (χ0) is 16.9. The van der Waals surface area contributed by atoms with Gasteiger partial charge in [-0.1, -0.05) is 18.9 Å². The molecular formula is C19H29NO4. The van der Waals surface area contributed by atoms with Crippen molar-refractivity contribution in [2.45, 2.75) is 56.8 Å². The van der Waals surface area contributed by atoms with Gasteiger partial charge in [0.25, 0.3) is 0 Å². The van der Waals surface area contributed by atoms with Crippen LogP contribution in [-0.2, 0) is 11.2 Å². The van der Waals surface area contributed by atoms with Crippen molar-refractivity contribution in [3.8, 4) is 11.5 Å². The summed E-state index contributed by atoms with van der Waals surface area (Å²) in [6, 6.07) is 5.90. The Bertz CT molecular complexity index is 536. The number of likely N-dealkylation sites (tertiary alicyclic amines) is 1. The van der Waals surface area contributed by atoms with Gasteiger partial charge in [-0.25, -0.2) is 0 Å². The summed E-state index contributed by atoms with van der Waals surface area (Å²) in [7, 11) is 1.56. The maximum atomic E-state index is 9.80. The number of ether oxygens (including phenoxy) is 2. The summed E-state index contributed by atoms with van der Waals surface area (Å²) in [6.45, 7) is 2.45. The fourth-order valence-corrected chi connectivity index (χ4v) is 3.96. The quantitative estimate of drug-likeness (QED) is 0.835. The molecule has 0 bridgehead atoms. The molecule has 5 heteroatoms. The highest BCUT2D eigenvalue weighted by Gasteiger charge is 2.34. The summed E-state index contributed by atoms with van der Waals surface area (Å²) in [5, 5.41) is 19.5. The van der Waals surface area contributed by atoms with Crippen LogP contribution in [0.25, 0.3) is 0 Å². The Labute approximate surface area is 144 Å². The van der Waals surface area contributed by atoms with Crippen LogP contribution in [-0.4, -0.2) is 60.2 Å². The molecule has 24 heavy (non-hydrogen) atoms. The van der Waals surface area contributed by atoms with Crippen molar-refractivity contribution in [3.05, 3.63) is 23.8 Å². The Hall–Kier alpha value is -1.30. The number of β-amino-alcohol motifs (C(OH)–C–C–N with tert-alkyl or cyclic N) is 1. The van der Waals surface area contributed by atoms with Crippen molar-refractivity contribution < 1.29 is 19.7 Å². The highest BCUT2D eigenvalue weighted by Crippen LogP contribution is 2.29. The van der Waals surface area contributed by atoms with E-state index in [1.165, 1.54) is 19.3 Å². The summed E-state index contributed by atoms with van der Waals surface area (Å²) in [4.78, 5) is 2.41. The Balaban J connectivity index is 1.52. The van der Waals surface area contributed by atoms with Gasteiger partial charge in [-0.05, 0) is 43.4 Å². The lowest BCUT2D eigenvalue weighted by molar-refractivity contribution is -0.0316. The van der Waals surface area contributed by atoms with Crippen molar-refractivity contribution in [3.63, 3.8) is 0 Å². The van der Waals surface area contributed by atoms with E-state index in [0.29, 0.717) is 18.4 Å². The number of aliphatic hydroxyl groups is 1. The lowest BCUT2D eigenvalue weighted by atomic mass is 9.91. The number of hydrogen-bond acceptors (Lipinski definition) is 5. The van der Waals surface area contributed by atoms with Gasteiger partial charge >= 0.3 is 0 Å². The van der Waals surface area contributed by atoms with Crippen LogP contribution in [0.5, 0.6) is 11.5 Å². The third kappa shape index (κ3) is 4.21. The van der Waals surface area contributed by atoms with Gasteiger partial charge in [0.15, 0.2) is 11.5 Å². The van der Waals surface area contributed by atoms with Gasteiger partial charge in [-0.3, -0.25) is 4.90 Å². The number of nitrogens with zero attached hydrogens (tertiary/aromatic N) is 1. The van der Waals surface area contributed by atoms with E-state index in [2.05, 4.69) is 4.90 Å². The standard InChI is InChI=1S/C19H29NO4/c1-23-19-12-14(6-7-17(19)22)9-11-24-18-5-3-2-4-16(18)20-10-8-15(21)13-20/h6-7,12,15-16,18,21-22H,2-5,8-11,13H2,1H3/t15-,16-,18?/m1/s1. The molecule has 0 radical (unpaired) electrons. The van der Waals surface area contributed by atoms with Gasteiger partial charge in [0.1, 0.15) is 0 Å². The molecule has 1 unspecified atom stereocenters. The fraction of sp³-hybridized carbons (Fsp3) is 0.684. The van der Waals surface area contributed by atoms with Crippen LogP contribution < -0.4 is 4.74 Å². The first-order valence-electron chi connectivity index (χ1n) is 9.07. The summed E-state index contributed by atoms with van der Waals surface area (Å²) < 4.78 is 11.4. The maximum absolute atomic E-state index is 9.80. The molecule has 1 aliphatic carbocycles. The number of aromatic hydroxyl groups is 1. The van der Waals surface area contributed by atoms with Gasteiger partial charge < -0.3 is 19.7 Å². The molecule has 1 aliphatic heterocycles. The van der Waals surface area contributed by atoms with E-state index < -0.39 is 0 Å². The first kappa shape index (κ1) is 17.5. The molecule has 2 fully saturated rings. The van der Waals surface area contributed by atoms with Crippen LogP contribution in [0.15, 0.2) is 18.2 Å². The molecule has 1 saturated carbocycles. The normalized spacial score (nSPS) is 28.2. The Kier molecular flexibility index (Phi) is 5.98. The van der Waals surface area contributed by atoms with Gasteiger partial charge in [-0.2, -0.15) is 0 Å². The second kappa shape index (κ2) is 8.19. The molecule has 0 amide bonds. The van der Waals surface area contributed by atoms with E-state index in [1.54, 1.807) is 13.2 Å². The lowest BCUT2D eigenvalue weighted by Crippen LogP contribution is -2.46. The van der Waals surface area contributed by atoms with Gasteiger partial charge in [-0.15, -0.1) is 0 Å². The van der Waals surface area contributed by atoms with Crippen LogP contribution in [0.1, 0.15) is 37.7 Å². The number of rotatable bonds is 6. The Morgan fingerprint density at radius 1 is 1.21 bits per heavy atom. The van der Waals surface area contributed by atoms with E-state index in [1.807, 2.05) is 12.1 Å². The Morgan fingerprint density at radius 3 is 2.79 bits per heavy atom. The van der Waals surface area contributed by atoms with Crippen LogP contribution in [0.3, 0.4) is 0 Å². The molecule has 2 aliphatic rings. The molecule has 0 spiro atoms. The van der Waals surface area contributed by atoms with Gasteiger partial charge in [0.2, 0.25) is 0 Å². The third-order valence-electron chi connectivity index (χ3n) is 5.30. The molecule has 1 saturated heterocycles. The van der Waals surface area contributed by atoms with E-state index in [4.69, 9.17) is 9.47 Å². The van der Waals surface area contributed by atoms with E-state index >= 15 is 0 Å². The van der Waals surface area contributed by atoms with E-state index in [0.717, 1.165) is 37.9 Å². The van der Waals surface area contributed by atoms with Crippen molar-refractivity contribution >= 4 is 0 Å². The summed E-state index contributed by atoms with van der Waals surface area (Å²) in [5.41, 5.74) is 1.11. The summed E-state index contributed by atoms with van der Waals surface area (Å²) in [6.07, 6.45) is 6.55. The number of benzene rings is 1. The van der Waals surface area contributed by atoms with Crippen LogP contribution in [0, 0.1) is 0 Å². The topological polar surface area (TPSA) is 62.2 Å². The molecule has 3 atom stereocenters. The largest absolute Gasteiger partial charge is 0.504 e. The second-order valence-corrected chi connectivity index (χ2v) is 6.95. The van der Waals surface area contributed by atoms with Crippen molar-refractivity contribution in [2.75, 3.05) is 26.8 Å². The summed E-state index contributed by atoms with van der Waals surface area (Å²) in [5.74, 6) is 0.677. The van der Waals surface area contributed by atoms with Gasteiger partial charge in [0, 0.05) is 19.1 Å². The predicted molar refractivity (Wildman–Crippen MR) is 92.6 cm³/mol. The minimum Gasteiger partial charge on any atom is -0.504 e. The Morgan fingerprint density at radius 2 is 2.04 bits per heavy atom. The molecule has 1 heterocycles. The smallest absolute Gasteiger partial charge is 0.160 e. The minimum atomic E-state index is -0.169. The maximum Gasteiger partial charge on any atom is 0.160 e. The average Bonchev–Trinajstić information content (AvgIpc) is 3.03. The van der Waals surface area contributed by atoms with E-state index in [-0.39, 0.29) is 18.0 Å². The highest BCUT2D eigenvalue weighted by molar-refractivity contribution is 5.41. The molecule has 3 rings (SSSR count). The molecular weight excluding hydrogens is 306 g/mol. The number of methoxy groups -OCH3 is 1. The molecule has 134 valence electrons. The third-order valence-corrected chi connectivity index (χ3v) is 5.30. The zero-order valence-corrected chi connectivity index (χ0v) is 14.5. The average molecular weight is 335 g/mol. The van der Waals surface area contributed by atoms with Crippen LogP contribution in [0.4, 0.5) is 0 Å².